The van der Waals surface area contributed by atoms with E-state index in [1.807, 2.05) is 36.4 Å². The van der Waals surface area contributed by atoms with Crippen LogP contribution in [0.25, 0.3) is 6.08 Å². The van der Waals surface area contributed by atoms with Crippen LogP contribution in [0.1, 0.15) is 34.2 Å². The molecule has 0 aliphatic heterocycles. The Morgan fingerprint density at radius 1 is 1.31 bits per heavy atom. The average Bonchev–Trinajstić information content (AvgIpc) is 3.10. The van der Waals surface area contributed by atoms with Crippen molar-refractivity contribution in [2.24, 2.45) is 0 Å². The van der Waals surface area contributed by atoms with Crippen molar-refractivity contribution in [2.75, 3.05) is 18.6 Å². The predicted octanol–water partition coefficient (Wildman–Crippen LogP) is 3.80. The number of pyridine rings is 1. The van der Waals surface area contributed by atoms with Gasteiger partial charge < -0.3 is 9.64 Å². The molecular formula is C20H19BrN2O3. The number of para-hydroxylation sites is 1. The number of halogens is 1. The van der Waals surface area contributed by atoms with Gasteiger partial charge in [-0.05, 0) is 24.6 Å². The van der Waals surface area contributed by atoms with Crippen molar-refractivity contribution in [3.8, 4) is 0 Å². The first-order valence-corrected chi connectivity index (χ1v) is 9.18. The number of nitrogens with zero attached hydrogens (tertiary/aromatic N) is 2. The number of ether oxygens (including phenoxy) is 1. The smallest absolute Gasteiger partial charge is 0.310 e. The van der Waals surface area contributed by atoms with Crippen molar-refractivity contribution in [3.63, 3.8) is 0 Å². The third kappa shape index (κ3) is 3.70. The first-order valence-electron chi connectivity index (χ1n) is 8.38. The fourth-order valence-corrected chi connectivity index (χ4v) is 3.52. The molecule has 1 aromatic carbocycles. The lowest BCUT2D eigenvalue weighted by atomic mass is 10.1. The van der Waals surface area contributed by atoms with E-state index in [1.165, 1.54) is 4.90 Å². The van der Waals surface area contributed by atoms with Gasteiger partial charge in [0.05, 0.1) is 18.7 Å². The standard InChI is InChI=1S/C20H19BrN2O3/c1-3-26-19(24)11-13-7-4-5-10-18(13)23(2)20(25)17-12-15(21)14-8-6-9-16(14)22-17/h4-8,10,12H,3,9,11H2,1-2H3. The topological polar surface area (TPSA) is 59.5 Å². The molecule has 134 valence electrons. The Labute approximate surface area is 160 Å². The van der Waals surface area contributed by atoms with Gasteiger partial charge in [0.15, 0.2) is 0 Å². The van der Waals surface area contributed by atoms with Crippen LogP contribution in [-0.4, -0.2) is 30.5 Å². The number of rotatable bonds is 5. The summed E-state index contributed by atoms with van der Waals surface area (Å²) in [6.45, 7) is 2.10. The average molecular weight is 415 g/mol. The van der Waals surface area contributed by atoms with Crippen molar-refractivity contribution >= 4 is 39.6 Å². The molecule has 1 aliphatic rings. The second kappa shape index (κ2) is 7.83. The van der Waals surface area contributed by atoms with Crippen LogP contribution in [0.2, 0.25) is 0 Å². The Morgan fingerprint density at radius 3 is 2.85 bits per heavy atom. The highest BCUT2D eigenvalue weighted by Gasteiger charge is 2.21. The summed E-state index contributed by atoms with van der Waals surface area (Å²) in [5.74, 6) is -0.540. The summed E-state index contributed by atoms with van der Waals surface area (Å²) in [4.78, 5) is 30.8. The van der Waals surface area contributed by atoms with E-state index in [1.54, 1.807) is 20.0 Å². The van der Waals surface area contributed by atoms with Gasteiger partial charge in [-0.3, -0.25) is 9.59 Å². The van der Waals surface area contributed by atoms with E-state index in [0.717, 1.165) is 27.7 Å². The first kappa shape index (κ1) is 18.3. The molecule has 1 aromatic heterocycles. The monoisotopic (exact) mass is 414 g/mol. The van der Waals surface area contributed by atoms with Crippen LogP contribution in [0.5, 0.6) is 0 Å². The fraction of sp³-hybridized carbons (Fsp3) is 0.250. The number of fused-ring (bicyclic) bond motifs is 1. The van der Waals surface area contributed by atoms with Crippen molar-refractivity contribution in [1.82, 2.24) is 4.98 Å². The first-order chi connectivity index (χ1) is 12.5. The molecule has 0 spiro atoms. The summed E-state index contributed by atoms with van der Waals surface area (Å²) >= 11 is 3.51. The number of allylic oxidation sites excluding steroid dienone is 1. The molecule has 2 aromatic rings. The van der Waals surface area contributed by atoms with E-state index in [4.69, 9.17) is 4.74 Å². The van der Waals surface area contributed by atoms with Crippen LogP contribution in [0.4, 0.5) is 5.69 Å². The maximum absolute atomic E-state index is 13.0. The summed E-state index contributed by atoms with van der Waals surface area (Å²) in [5.41, 5.74) is 3.68. The molecule has 0 saturated heterocycles. The highest BCUT2D eigenvalue weighted by molar-refractivity contribution is 9.10. The maximum Gasteiger partial charge on any atom is 0.310 e. The molecule has 0 bridgehead atoms. The van der Waals surface area contributed by atoms with Crippen molar-refractivity contribution in [3.05, 3.63) is 63.4 Å². The normalized spacial score (nSPS) is 12.0. The van der Waals surface area contributed by atoms with E-state index < -0.39 is 0 Å². The summed E-state index contributed by atoms with van der Waals surface area (Å²) in [7, 11) is 1.69. The van der Waals surface area contributed by atoms with Crippen LogP contribution in [0.15, 0.2) is 40.9 Å². The lowest BCUT2D eigenvalue weighted by Gasteiger charge is -2.20. The SMILES string of the molecule is CCOC(=O)Cc1ccccc1N(C)C(=O)c1cc(Br)c2c(n1)CC=C2. The molecule has 26 heavy (non-hydrogen) atoms. The molecule has 5 nitrogen and oxygen atoms in total. The molecule has 0 unspecified atom stereocenters. The number of hydrogen-bond acceptors (Lipinski definition) is 4. The minimum absolute atomic E-state index is 0.118. The Hall–Kier alpha value is -2.47. The minimum Gasteiger partial charge on any atom is -0.466 e. The van der Waals surface area contributed by atoms with Crippen LogP contribution in [0, 0.1) is 0 Å². The highest BCUT2D eigenvalue weighted by atomic mass is 79.9. The van der Waals surface area contributed by atoms with Crippen molar-refractivity contribution in [1.29, 1.82) is 0 Å². The van der Waals surface area contributed by atoms with Crippen LogP contribution < -0.4 is 4.90 Å². The van der Waals surface area contributed by atoms with Gasteiger partial charge in [-0.25, -0.2) is 4.98 Å². The molecule has 0 N–H and O–H groups in total. The quantitative estimate of drug-likeness (QED) is 0.698. The van der Waals surface area contributed by atoms with E-state index in [2.05, 4.69) is 20.9 Å². The zero-order chi connectivity index (χ0) is 18.7. The molecule has 1 heterocycles. The zero-order valence-corrected chi connectivity index (χ0v) is 16.2. The number of benzene rings is 1. The Balaban J connectivity index is 1.88. The van der Waals surface area contributed by atoms with Crippen LogP contribution >= 0.6 is 15.9 Å². The van der Waals surface area contributed by atoms with Gasteiger partial charge in [0.25, 0.3) is 5.91 Å². The number of aromatic nitrogens is 1. The van der Waals surface area contributed by atoms with Gasteiger partial charge in [0, 0.05) is 29.2 Å². The van der Waals surface area contributed by atoms with Gasteiger partial charge in [0.2, 0.25) is 0 Å². The molecule has 0 fully saturated rings. The predicted molar refractivity (Wildman–Crippen MR) is 104 cm³/mol. The summed E-state index contributed by atoms with van der Waals surface area (Å²) in [6.07, 6.45) is 4.86. The molecular weight excluding hydrogens is 396 g/mol. The minimum atomic E-state index is -0.315. The largest absolute Gasteiger partial charge is 0.466 e. The zero-order valence-electron chi connectivity index (χ0n) is 14.7. The summed E-state index contributed by atoms with van der Waals surface area (Å²) < 4.78 is 5.88. The van der Waals surface area contributed by atoms with Gasteiger partial charge in [-0.1, -0.05) is 46.3 Å². The Kier molecular flexibility index (Phi) is 5.52. The number of hydrogen-bond donors (Lipinski definition) is 0. The molecule has 0 saturated carbocycles. The maximum atomic E-state index is 13.0. The van der Waals surface area contributed by atoms with Crippen LogP contribution in [0.3, 0.4) is 0 Å². The van der Waals surface area contributed by atoms with E-state index >= 15 is 0 Å². The Bertz CT molecular complexity index is 893. The van der Waals surface area contributed by atoms with Crippen molar-refractivity contribution in [2.45, 2.75) is 19.8 Å². The van der Waals surface area contributed by atoms with E-state index in [9.17, 15) is 9.59 Å². The highest BCUT2D eigenvalue weighted by Crippen LogP contribution is 2.28. The fourth-order valence-electron chi connectivity index (χ4n) is 2.94. The number of amides is 1. The lowest BCUT2D eigenvalue weighted by molar-refractivity contribution is -0.142. The van der Waals surface area contributed by atoms with Gasteiger partial charge in [-0.2, -0.15) is 0 Å². The molecule has 6 heteroatoms. The molecule has 1 aliphatic carbocycles. The van der Waals surface area contributed by atoms with Gasteiger partial charge >= 0.3 is 5.97 Å². The molecule has 0 radical (unpaired) electrons. The lowest BCUT2D eigenvalue weighted by Crippen LogP contribution is -2.28. The summed E-state index contributed by atoms with van der Waals surface area (Å²) in [6, 6.07) is 9.06. The van der Waals surface area contributed by atoms with Crippen LogP contribution in [-0.2, 0) is 22.4 Å². The third-order valence-corrected chi connectivity index (χ3v) is 4.86. The number of esters is 1. The van der Waals surface area contributed by atoms with Crippen molar-refractivity contribution < 1.29 is 14.3 Å². The van der Waals surface area contributed by atoms with E-state index in [-0.39, 0.29) is 18.3 Å². The molecule has 1 amide bonds. The summed E-state index contributed by atoms with van der Waals surface area (Å²) in [5, 5.41) is 0. The number of carbonyl (C=O) groups excluding carboxylic acids is 2. The molecule has 3 rings (SSSR count). The number of anilines is 1. The Morgan fingerprint density at radius 2 is 2.08 bits per heavy atom. The van der Waals surface area contributed by atoms with Gasteiger partial charge in [0.1, 0.15) is 5.69 Å². The second-order valence-electron chi connectivity index (χ2n) is 5.93. The van der Waals surface area contributed by atoms with E-state index in [0.29, 0.717) is 18.0 Å². The number of carbonyl (C=O) groups is 2. The van der Waals surface area contributed by atoms with Gasteiger partial charge in [-0.15, -0.1) is 0 Å². The third-order valence-electron chi connectivity index (χ3n) is 4.20. The molecule has 0 atom stereocenters. The second-order valence-corrected chi connectivity index (χ2v) is 6.79.